The van der Waals surface area contributed by atoms with Crippen LogP contribution < -0.4 is 4.74 Å². The fourth-order valence-electron chi connectivity index (χ4n) is 1.60. The summed E-state index contributed by atoms with van der Waals surface area (Å²) in [5.74, 6) is 0.0178. The molecular formula is C11H12O4. The zero-order valence-electron chi connectivity index (χ0n) is 8.34. The zero-order chi connectivity index (χ0) is 10.8. The maximum absolute atomic E-state index is 11.4. The van der Waals surface area contributed by atoms with Crippen LogP contribution in [0.15, 0.2) is 24.3 Å². The molecule has 1 aliphatic rings. The van der Waals surface area contributed by atoms with Crippen molar-refractivity contribution in [2.45, 2.75) is 19.1 Å². The van der Waals surface area contributed by atoms with Gasteiger partial charge in [-0.1, -0.05) is 18.2 Å². The maximum Gasteiger partial charge on any atom is 0.350 e. The monoisotopic (exact) mass is 208 g/mol. The quantitative estimate of drug-likeness (QED) is 0.738. The molecule has 0 saturated carbocycles. The molecule has 0 fully saturated rings. The van der Waals surface area contributed by atoms with Crippen molar-refractivity contribution in [1.82, 2.24) is 0 Å². The van der Waals surface area contributed by atoms with Gasteiger partial charge >= 0.3 is 5.97 Å². The third kappa shape index (κ3) is 1.68. The predicted octanol–water partition coefficient (Wildman–Crippen LogP) is 1.04. The van der Waals surface area contributed by atoms with Crippen LogP contribution in [0.3, 0.4) is 0 Å². The second-order valence-electron chi connectivity index (χ2n) is 3.27. The lowest BCUT2D eigenvalue weighted by Gasteiger charge is -2.12. The molecule has 2 rings (SSSR count). The van der Waals surface area contributed by atoms with Gasteiger partial charge in [-0.15, -0.1) is 0 Å². The number of aliphatic hydroxyl groups is 1. The predicted molar refractivity (Wildman–Crippen MR) is 52.5 cm³/mol. The van der Waals surface area contributed by atoms with Gasteiger partial charge in [0.1, 0.15) is 11.9 Å². The summed E-state index contributed by atoms with van der Waals surface area (Å²) < 4.78 is 10.1. The molecule has 0 amide bonds. The molecule has 2 atom stereocenters. The molecule has 1 N–H and O–H groups in total. The molecule has 1 heterocycles. The van der Waals surface area contributed by atoms with Gasteiger partial charge in [-0.25, -0.2) is 4.79 Å². The van der Waals surface area contributed by atoms with Gasteiger partial charge in [-0.3, -0.25) is 0 Å². The summed E-state index contributed by atoms with van der Waals surface area (Å²) >= 11 is 0. The summed E-state index contributed by atoms with van der Waals surface area (Å²) in [5, 5.41) is 9.81. The number of hydrogen-bond donors (Lipinski definition) is 1. The lowest BCUT2D eigenvalue weighted by atomic mass is 10.1. The number of ether oxygens (including phenoxy) is 2. The van der Waals surface area contributed by atoms with Crippen molar-refractivity contribution in [3.05, 3.63) is 29.8 Å². The van der Waals surface area contributed by atoms with Crippen molar-refractivity contribution in [2.75, 3.05) is 6.61 Å². The number of para-hydroxylation sites is 1. The third-order valence-electron chi connectivity index (χ3n) is 2.30. The highest BCUT2D eigenvalue weighted by Gasteiger charge is 2.38. The first-order valence-electron chi connectivity index (χ1n) is 4.84. The highest BCUT2D eigenvalue weighted by atomic mass is 16.6. The largest absolute Gasteiger partial charge is 0.475 e. The van der Waals surface area contributed by atoms with Gasteiger partial charge in [0.15, 0.2) is 0 Å². The summed E-state index contributed by atoms with van der Waals surface area (Å²) in [6, 6.07) is 7.04. The van der Waals surface area contributed by atoms with Crippen LogP contribution in [0.25, 0.3) is 0 Å². The third-order valence-corrected chi connectivity index (χ3v) is 2.30. The highest BCUT2D eigenvalue weighted by molar-refractivity contribution is 5.77. The molecule has 1 aliphatic heterocycles. The molecule has 0 radical (unpaired) electrons. The second kappa shape index (κ2) is 3.90. The van der Waals surface area contributed by atoms with Crippen LogP contribution >= 0.6 is 0 Å². The average Bonchev–Trinajstić information content (AvgIpc) is 2.57. The number of carbonyl (C=O) groups excluding carboxylic acids is 1. The molecule has 4 heteroatoms. The van der Waals surface area contributed by atoms with Gasteiger partial charge in [-0.05, 0) is 13.0 Å². The van der Waals surface area contributed by atoms with Gasteiger partial charge in [0.2, 0.25) is 6.10 Å². The minimum Gasteiger partial charge on any atom is -0.475 e. The summed E-state index contributed by atoms with van der Waals surface area (Å²) in [7, 11) is 0. The molecule has 0 aliphatic carbocycles. The van der Waals surface area contributed by atoms with Crippen LogP contribution in [0, 0.1) is 0 Å². The first-order valence-corrected chi connectivity index (χ1v) is 4.84. The lowest BCUT2D eigenvalue weighted by molar-refractivity contribution is -0.155. The number of hydrogen-bond acceptors (Lipinski definition) is 4. The first-order chi connectivity index (χ1) is 7.24. The molecule has 0 aromatic heterocycles. The Bertz CT molecular complexity index is 375. The Kier molecular flexibility index (Phi) is 2.60. The van der Waals surface area contributed by atoms with Gasteiger partial charge in [0.05, 0.1) is 6.61 Å². The number of fused-ring (bicyclic) bond motifs is 1. The second-order valence-corrected chi connectivity index (χ2v) is 3.27. The minimum absolute atomic E-state index is 0.280. The van der Waals surface area contributed by atoms with Crippen LogP contribution in [0.1, 0.15) is 18.6 Å². The van der Waals surface area contributed by atoms with E-state index in [4.69, 9.17) is 9.47 Å². The number of carbonyl (C=O) groups is 1. The fourth-order valence-corrected chi connectivity index (χ4v) is 1.60. The molecule has 0 bridgehead atoms. The molecule has 1 aromatic rings. The van der Waals surface area contributed by atoms with Crippen LogP contribution in [-0.2, 0) is 9.53 Å². The van der Waals surface area contributed by atoms with Crippen molar-refractivity contribution >= 4 is 5.97 Å². The summed E-state index contributed by atoms with van der Waals surface area (Å²) in [5.41, 5.74) is 0.635. The Morgan fingerprint density at radius 2 is 2.27 bits per heavy atom. The number of benzene rings is 1. The lowest BCUT2D eigenvalue weighted by Crippen LogP contribution is -2.30. The van der Waals surface area contributed by atoms with E-state index in [0.717, 1.165) is 0 Å². The van der Waals surface area contributed by atoms with E-state index in [9.17, 15) is 9.90 Å². The summed E-state index contributed by atoms with van der Waals surface area (Å²) in [6.45, 7) is 1.99. The van der Waals surface area contributed by atoms with Gasteiger partial charge in [0.25, 0.3) is 0 Å². The van der Waals surface area contributed by atoms with E-state index in [1.54, 1.807) is 31.2 Å². The van der Waals surface area contributed by atoms with Crippen LogP contribution in [0.2, 0.25) is 0 Å². The molecule has 0 spiro atoms. The van der Waals surface area contributed by atoms with Crippen molar-refractivity contribution in [2.24, 2.45) is 0 Å². The smallest absolute Gasteiger partial charge is 0.350 e. The molecule has 15 heavy (non-hydrogen) atoms. The zero-order valence-corrected chi connectivity index (χ0v) is 8.34. The van der Waals surface area contributed by atoms with Gasteiger partial charge in [-0.2, -0.15) is 0 Å². The van der Waals surface area contributed by atoms with E-state index < -0.39 is 18.2 Å². The van der Waals surface area contributed by atoms with E-state index in [0.29, 0.717) is 11.3 Å². The topological polar surface area (TPSA) is 55.8 Å². The van der Waals surface area contributed by atoms with E-state index in [-0.39, 0.29) is 6.61 Å². The number of rotatable bonds is 2. The Labute approximate surface area is 87.4 Å². The van der Waals surface area contributed by atoms with Gasteiger partial charge in [0, 0.05) is 5.56 Å². The van der Waals surface area contributed by atoms with Crippen molar-refractivity contribution in [3.63, 3.8) is 0 Å². The standard InChI is InChI=1S/C11H12O4/c1-2-14-11(13)10-9(12)7-5-3-4-6-8(7)15-10/h3-6,9-10,12H,2H2,1H3/t9-,10+/m0/s1. The maximum atomic E-state index is 11.4. The SMILES string of the molecule is CCOC(=O)[C@@H]1Oc2ccccc2[C@@H]1O. The highest BCUT2D eigenvalue weighted by Crippen LogP contribution is 2.36. The van der Waals surface area contributed by atoms with Crippen LogP contribution in [-0.4, -0.2) is 23.8 Å². The molecular weight excluding hydrogens is 196 g/mol. The normalized spacial score (nSPS) is 23.1. The van der Waals surface area contributed by atoms with E-state index in [1.165, 1.54) is 0 Å². The Morgan fingerprint density at radius 3 is 2.93 bits per heavy atom. The summed E-state index contributed by atoms with van der Waals surface area (Å²) in [6.07, 6.45) is -1.86. The molecule has 4 nitrogen and oxygen atoms in total. The Balaban J connectivity index is 2.19. The minimum atomic E-state index is -0.930. The Hall–Kier alpha value is -1.55. The van der Waals surface area contributed by atoms with E-state index in [1.807, 2.05) is 0 Å². The van der Waals surface area contributed by atoms with Crippen LogP contribution in [0.5, 0.6) is 5.75 Å². The average molecular weight is 208 g/mol. The number of aliphatic hydroxyl groups excluding tert-OH is 1. The summed E-state index contributed by atoms with van der Waals surface area (Å²) in [4.78, 5) is 11.4. The molecule has 80 valence electrons. The van der Waals surface area contributed by atoms with Crippen molar-refractivity contribution in [1.29, 1.82) is 0 Å². The van der Waals surface area contributed by atoms with Crippen molar-refractivity contribution < 1.29 is 19.4 Å². The van der Waals surface area contributed by atoms with Gasteiger partial charge < -0.3 is 14.6 Å². The van der Waals surface area contributed by atoms with Crippen molar-refractivity contribution in [3.8, 4) is 5.75 Å². The number of esters is 1. The van der Waals surface area contributed by atoms with Crippen LogP contribution in [0.4, 0.5) is 0 Å². The molecule has 0 unspecified atom stereocenters. The molecule has 1 aromatic carbocycles. The first kappa shape index (κ1) is 9.98. The fraction of sp³-hybridized carbons (Fsp3) is 0.364. The van der Waals surface area contributed by atoms with E-state index >= 15 is 0 Å². The van der Waals surface area contributed by atoms with E-state index in [2.05, 4.69) is 0 Å². The molecule has 0 saturated heterocycles. The Morgan fingerprint density at radius 1 is 1.53 bits per heavy atom.